The van der Waals surface area contributed by atoms with Gasteiger partial charge in [-0.15, -0.1) is 0 Å². The first-order valence-corrected chi connectivity index (χ1v) is 9.88. The molecule has 1 aliphatic heterocycles. The fourth-order valence-corrected chi connectivity index (χ4v) is 3.86. The van der Waals surface area contributed by atoms with Gasteiger partial charge in [-0.3, -0.25) is 4.79 Å². The molecule has 9 heteroatoms. The number of alkyl halides is 1. The predicted molar refractivity (Wildman–Crippen MR) is 107 cm³/mol. The summed E-state index contributed by atoms with van der Waals surface area (Å²) in [5.74, 6) is 0.0898. The molecule has 4 atom stereocenters. The summed E-state index contributed by atoms with van der Waals surface area (Å²) in [5, 5.41) is 23.9. The van der Waals surface area contributed by atoms with E-state index >= 15 is 0 Å². The van der Waals surface area contributed by atoms with Gasteiger partial charge >= 0.3 is 0 Å². The number of carbonyl (C=O) groups is 1. The third-order valence-electron chi connectivity index (χ3n) is 4.54. The standard InChI is InChI=1S/C18H17IN4O4/c19-8-12-13(24)14(25)18(27-12)23-7-6-11-15(20-9-21-16(11)23)22-17(26)10-4-2-1-3-5-10/h1-7,9,12-14,18,24-25H,8H2,(H,20,21,22,26)/t12-,13-,14-,18-/m1/s1. The predicted octanol–water partition coefficient (Wildman–Crippen LogP) is 1.74. The summed E-state index contributed by atoms with van der Waals surface area (Å²) in [4.78, 5) is 20.9. The molecule has 3 N–H and O–H groups in total. The summed E-state index contributed by atoms with van der Waals surface area (Å²) in [6.45, 7) is 0. The number of fused-ring (bicyclic) bond motifs is 1. The van der Waals surface area contributed by atoms with E-state index in [4.69, 9.17) is 4.74 Å². The maximum Gasteiger partial charge on any atom is 0.256 e. The number of ether oxygens (including phenoxy) is 1. The van der Waals surface area contributed by atoms with E-state index in [1.165, 1.54) is 6.33 Å². The average molecular weight is 480 g/mol. The fourth-order valence-electron chi connectivity index (χ4n) is 3.13. The Labute approximate surface area is 168 Å². The first-order valence-electron chi connectivity index (χ1n) is 8.35. The molecule has 27 heavy (non-hydrogen) atoms. The van der Waals surface area contributed by atoms with Crippen LogP contribution in [0.5, 0.6) is 0 Å². The molecule has 0 aliphatic carbocycles. The molecule has 0 spiro atoms. The number of rotatable bonds is 4. The number of hydrogen-bond acceptors (Lipinski definition) is 6. The summed E-state index contributed by atoms with van der Waals surface area (Å²) in [5.41, 5.74) is 1.02. The number of nitrogens with one attached hydrogen (secondary N) is 1. The Bertz CT molecular complexity index is 964. The van der Waals surface area contributed by atoms with E-state index in [2.05, 4.69) is 37.9 Å². The normalized spacial score (nSPS) is 25.0. The zero-order chi connectivity index (χ0) is 19.0. The molecular weight excluding hydrogens is 463 g/mol. The molecule has 1 saturated heterocycles. The summed E-state index contributed by atoms with van der Waals surface area (Å²) in [6, 6.07) is 10.6. The number of hydrogen-bond donors (Lipinski definition) is 3. The molecule has 3 heterocycles. The fraction of sp³-hybridized carbons (Fsp3) is 0.278. The zero-order valence-electron chi connectivity index (χ0n) is 14.1. The van der Waals surface area contributed by atoms with Gasteiger partial charge in [0.25, 0.3) is 5.91 Å². The number of amides is 1. The highest BCUT2D eigenvalue weighted by Crippen LogP contribution is 2.33. The Balaban J connectivity index is 1.65. The molecule has 1 amide bonds. The summed E-state index contributed by atoms with van der Waals surface area (Å²) >= 11 is 2.11. The van der Waals surface area contributed by atoms with E-state index in [1.807, 2.05) is 6.07 Å². The number of aliphatic hydroxyl groups excluding tert-OH is 2. The highest BCUT2D eigenvalue weighted by molar-refractivity contribution is 14.1. The van der Waals surface area contributed by atoms with E-state index in [0.29, 0.717) is 26.8 Å². The van der Waals surface area contributed by atoms with Gasteiger partial charge in [0.15, 0.2) is 6.23 Å². The van der Waals surface area contributed by atoms with Crippen LogP contribution in [-0.2, 0) is 4.74 Å². The average Bonchev–Trinajstić information content (AvgIpc) is 3.25. The van der Waals surface area contributed by atoms with Gasteiger partial charge in [-0.1, -0.05) is 40.8 Å². The van der Waals surface area contributed by atoms with Crippen molar-refractivity contribution in [3.8, 4) is 0 Å². The highest BCUT2D eigenvalue weighted by Gasteiger charge is 2.43. The number of nitrogens with zero attached hydrogens (tertiary/aromatic N) is 3. The van der Waals surface area contributed by atoms with Crippen molar-refractivity contribution in [2.75, 3.05) is 9.74 Å². The number of aliphatic hydroxyl groups is 2. The van der Waals surface area contributed by atoms with Crippen molar-refractivity contribution in [1.82, 2.24) is 14.5 Å². The van der Waals surface area contributed by atoms with E-state index in [1.54, 1.807) is 41.1 Å². The van der Waals surface area contributed by atoms with E-state index in [9.17, 15) is 15.0 Å². The van der Waals surface area contributed by atoms with Crippen molar-refractivity contribution in [3.63, 3.8) is 0 Å². The Morgan fingerprint density at radius 2 is 1.96 bits per heavy atom. The van der Waals surface area contributed by atoms with Crippen molar-refractivity contribution < 1.29 is 19.7 Å². The van der Waals surface area contributed by atoms with Crippen LogP contribution in [0.15, 0.2) is 48.9 Å². The molecule has 1 fully saturated rings. The number of carbonyl (C=O) groups excluding carboxylic acids is 1. The third-order valence-corrected chi connectivity index (χ3v) is 5.41. The van der Waals surface area contributed by atoms with Gasteiger partial charge < -0.3 is 24.8 Å². The van der Waals surface area contributed by atoms with Crippen LogP contribution in [0.4, 0.5) is 5.82 Å². The molecule has 1 aromatic carbocycles. The molecule has 1 aliphatic rings. The molecule has 140 valence electrons. The minimum atomic E-state index is -1.07. The molecule has 3 aromatic rings. The van der Waals surface area contributed by atoms with Crippen LogP contribution in [0.1, 0.15) is 16.6 Å². The maximum absolute atomic E-state index is 12.4. The lowest BCUT2D eigenvalue weighted by molar-refractivity contribution is -0.0279. The molecule has 2 aromatic heterocycles. The van der Waals surface area contributed by atoms with Crippen LogP contribution >= 0.6 is 22.6 Å². The lowest BCUT2D eigenvalue weighted by atomic mass is 10.1. The summed E-state index contributed by atoms with van der Waals surface area (Å²) in [7, 11) is 0. The summed E-state index contributed by atoms with van der Waals surface area (Å²) < 4.78 is 7.99. The molecule has 0 unspecified atom stereocenters. The Morgan fingerprint density at radius 1 is 1.19 bits per heavy atom. The van der Waals surface area contributed by atoms with Gasteiger partial charge in [-0.2, -0.15) is 0 Å². The Morgan fingerprint density at radius 3 is 2.67 bits per heavy atom. The van der Waals surface area contributed by atoms with E-state index in [-0.39, 0.29) is 5.91 Å². The van der Waals surface area contributed by atoms with E-state index < -0.39 is 24.5 Å². The Kier molecular flexibility index (Phi) is 5.08. The SMILES string of the molecule is O=C(Nc1ncnc2c1ccn2[C@@H]1O[C@H](CI)[C@@H](O)[C@H]1O)c1ccccc1. The van der Waals surface area contributed by atoms with Gasteiger partial charge in [0.05, 0.1) is 11.5 Å². The van der Waals surface area contributed by atoms with Crippen LogP contribution in [0.2, 0.25) is 0 Å². The van der Waals surface area contributed by atoms with Crippen molar-refractivity contribution in [3.05, 3.63) is 54.5 Å². The highest BCUT2D eigenvalue weighted by atomic mass is 127. The monoisotopic (exact) mass is 480 g/mol. The molecule has 4 rings (SSSR count). The van der Waals surface area contributed by atoms with Gasteiger partial charge in [0, 0.05) is 16.2 Å². The topological polar surface area (TPSA) is 110 Å². The molecule has 8 nitrogen and oxygen atoms in total. The minimum absolute atomic E-state index is 0.277. The largest absolute Gasteiger partial charge is 0.387 e. The molecule has 0 radical (unpaired) electrons. The smallest absolute Gasteiger partial charge is 0.256 e. The number of anilines is 1. The zero-order valence-corrected chi connectivity index (χ0v) is 16.2. The van der Waals surface area contributed by atoms with Gasteiger partial charge in [0.1, 0.15) is 30.0 Å². The quantitative estimate of drug-likeness (QED) is 0.388. The lowest BCUT2D eigenvalue weighted by Gasteiger charge is -2.17. The van der Waals surface area contributed by atoms with Crippen molar-refractivity contribution in [2.24, 2.45) is 0 Å². The van der Waals surface area contributed by atoms with E-state index in [0.717, 1.165) is 0 Å². The van der Waals surface area contributed by atoms with Crippen molar-refractivity contribution in [1.29, 1.82) is 0 Å². The van der Waals surface area contributed by atoms with Crippen molar-refractivity contribution in [2.45, 2.75) is 24.5 Å². The van der Waals surface area contributed by atoms with Crippen molar-refractivity contribution >= 4 is 45.3 Å². The number of benzene rings is 1. The van der Waals surface area contributed by atoms with Crippen LogP contribution < -0.4 is 5.32 Å². The van der Waals surface area contributed by atoms with Gasteiger partial charge in [-0.05, 0) is 18.2 Å². The van der Waals surface area contributed by atoms with Crippen LogP contribution in [0.3, 0.4) is 0 Å². The molecule has 0 saturated carbocycles. The first-order chi connectivity index (χ1) is 13.1. The lowest BCUT2D eigenvalue weighted by Crippen LogP contribution is -2.32. The first kappa shape index (κ1) is 18.3. The minimum Gasteiger partial charge on any atom is -0.387 e. The summed E-state index contributed by atoms with van der Waals surface area (Å²) in [6.07, 6.45) is -0.214. The third kappa shape index (κ3) is 3.31. The second kappa shape index (κ2) is 7.50. The number of halogens is 1. The molecular formula is C18H17IN4O4. The second-order valence-corrected chi connectivity index (χ2v) is 7.08. The van der Waals surface area contributed by atoms with Gasteiger partial charge in [0.2, 0.25) is 0 Å². The van der Waals surface area contributed by atoms with Crippen LogP contribution in [-0.4, -0.2) is 53.4 Å². The van der Waals surface area contributed by atoms with Crippen LogP contribution in [0.25, 0.3) is 11.0 Å². The molecule has 0 bridgehead atoms. The van der Waals surface area contributed by atoms with Crippen LogP contribution in [0, 0.1) is 0 Å². The van der Waals surface area contributed by atoms with Gasteiger partial charge in [-0.25, -0.2) is 9.97 Å². The number of aromatic nitrogens is 3. The maximum atomic E-state index is 12.4. The Hall–Kier alpha value is -2.08. The second-order valence-electron chi connectivity index (χ2n) is 6.20.